The Morgan fingerprint density at radius 1 is 1.28 bits per heavy atom. The van der Waals surface area contributed by atoms with Gasteiger partial charge in [0.05, 0.1) is 28.4 Å². The molecule has 1 heterocycles. The molecule has 3 aromatic rings. The number of thioether (sulfide) groups is 1. The number of hydrogen-bond donors (Lipinski definition) is 1. The number of fused-ring (bicyclic) bond motifs is 1. The minimum absolute atomic E-state index is 0.119. The molecule has 1 N–H and O–H groups in total. The number of amides is 1. The molecule has 0 radical (unpaired) electrons. The van der Waals surface area contributed by atoms with Crippen LogP contribution < -0.4 is 5.32 Å². The quantitative estimate of drug-likeness (QED) is 0.543. The Morgan fingerprint density at radius 3 is 2.76 bits per heavy atom. The highest BCUT2D eigenvalue weighted by Gasteiger charge is 2.12. The van der Waals surface area contributed by atoms with Crippen LogP contribution in [0.4, 0.5) is 5.69 Å². The molecule has 1 amide bonds. The summed E-state index contributed by atoms with van der Waals surface area (Å²) in [6.07, 6.45) is 1.81. The number of para-hydroxylation sites is 2. The second kappa shape index (κ2) is 7.69. The summed E-state index contributed by atoms with van der Waals surface area (Å²) in [5.74, 6) is 0.132. The average Bonchev–Trinajstić information content (AvgIpc) is 2.99. The molecule has 6 heteroatoms. The maximum absolute atomic E-state index is 12.2. The Labute approximate surface area is 150 Å². The highest BCUT2D eigenvalue weighted by molar-refractivity contribution is 7.99. The van der Waals surface area contributed by atoms with Gasteiger partial charge in [-0.2, -0.15) is 5.26 Å². The van der Waals surface area contributed by atoms with Gasteiger partial charge in [-0.1, -0.05) is 30.0 Å². The molecule has 25 heavy (non-hydrogen) atoms. The van der Waals surface area contributed by atoms with Gasteiger partial charge in [-0.25, -0.2) is 4.98 Å². The lowest BCUT2D eigenvalue weighted by atomic mass is 10.2. The Morgan fingerprint density at radius 2 is 2.04 bits per heavy atom. The molecule has 0 spiro atoms. The average molecular weight is 348 g/mol. The lowest BCUT2D eigenvalue weighted by Crippen LogP contribution is -2.14. The van der Waals surface area contributed by atoms with E-state index in [1.165, 1.54) is 11.8 Å². The van der Waals surface area contributed by atoms with E-state index in [1.54, 1.807) is 24.3 Å². The van der Waals surface area contributed by atoms with Crippen LogP contribution in [-0.2, 0) is 11.3 Å². The van der Waals surface area contributed by atoms with Crippen LogP contribution in [0.5, 0.6) is 0 Å². The molecular weight excluding hydrogens is 332 g/mol. The number of nitriles is 1. The molecule has 0 aliphatic rings. The lowest BCUT2D eigenvalue weighted by molar-refractivity contribution is -0.113. The third-order valence-electron chi connectivity index (χ3n) is 3.56. The Hall–Kier alpha value is -3.04. The van der Waals surface area contributed by atoms with Crippen LogP contribution in [-0.4, -0.2) is 21.2 Å². The lowest BCUT2D eigenvalue weighted by Gasteiger charge is -2.07. The van der Waals surface area contributed by atoms with Crippen LogP contribution >= 0.6 is 11.8 Å². The minimum atomic E-state index is -0.119. The molecule has 0 unspecified atom stereocenters. The van der Waals surface area contributed by atoms with E-state index < -0.39 is 0 Å². The molecule has 0 atom stereocenters. The third kappa shape index (κ3) is 3.90. The van der Waals surface area contributed by atoms with Crippen molar-refractivity contribution in [3.63, 3.8) is 0 Å². The fraction of sp³-hybridized carbons (Fsp3) is 0.105. The first kappa shape index (κ1) is 16.8. The molecule has 0 saturated carbocycles. The smallest absolute Gasteiger partial charge is 0.234 e. The molecule has 0 aliphatic heterocycles. The minimum Gasteiger partial charge on any atom is -0.325 e. The van der Waals surface area contributed by atoms with Gasteiger partial charge < -0.3 is 9.88 Å². The SMILES string of the molecule is C=CCn1c(SCC(=O)Nc2ccc(C#N)cc2)nc2ccccc21. The number of allylic oxidation sites excluding steroid dienone is 1. The van der Waals surface area contributed by atoms with Gasteiger partial charge in [-0.3, -0.25) is 4.79 Å². The van der Waals surface area contributed by atoms with E-state index in [9.17, 15) is 4.79 Å². The van der Waals surface area contributed by atoms with E-state index in [0.717, 1.165) is 16.2 Å². The molecular formula is C19H16N4OS. The predicted octanol–water partition coefficient (Wildman–Crippen LogP) is 3.82. The second-order valence-electron chi connectivity index (χ2n) is 5.31. The van der Waals surface area contributed by atoms with Crippen molar-refractivity contribution in [2.45, 2.75) is 11.7 Å². The van der Waals surface area contributed by atoms with Gasteiger partial charge in [0.15, 0.2) is 5.16 Å². The highest BCUT2D eigenvalue weighted by Crippen LogP contribution is 2.24. The van der Waals surface area contributed by atoms with Crippen LogP contribution in [0.15, 0.2) is 66.3 Å². The molecule has 0 saturated heterocycles. The van der Waals surface area contributed by atoms with Gasteiger partial charge in [-0.15, -0.1) is 6.58 Å². The zero-order chi connectivity index (χ0) is 17.6. The van der Waals surface area contributed by atoms with E-state index in [0.29, 0.717) is 17.8 Å². The standard InChI is InChI=1S/C19H16N4OS/c1-2-11-23-17-6-4-3-5-16(17)22-19(23)25-13-18(24)21-15-9-7-14(12-20)8-10-15/h2-10H,1,11,13H2,(H,21,24). The summed E-state index contributed by atoms with van der Waals surface area (Å²) in [6.45, 7) is 4.43. The number of nitrogens with zero attached hydrogens (tertiary/aromatic N) is 3. The summed E-state index contributed by atoms with van der Waals surface area (Å²) < 4.78 is 2.04. The van der Waals surface area contributed by atoms with Gasteiger partial charge in [0.2, 0.25) is 5.91 Å². The normalized spacial score (nSPS) is 10.4. The second-order valence-corrected chi connectivity index (χ2v) is 6.25. The number of nitrogens with one attached hydrogen (secondary N) is 1. The monoisotopic (exact) mass is 348 g/mol. The number of hydrogen-bond acceptors (Lipinski definition) is 4. The molecule has 5 nitrogen and oxygen atoms in total. The number of benzene rings is 2. The highest BCUT2D eigenvalue weighted by atomic mass is 32.2. The summed E-state index contributed by atoms with van der Waals surface area (Å²) in [5, 5.41) is 12.4. The van der Waals surface area contributed by atoms with Crippen LogP contribution in [0.25, 0.3) is 11.0 Å². The summed E-state index contributed by atoms with van der Waals surface area (Å²) in [7, 11) is 0. The number of carbonyl (C=O) groups excluding carboxylic acids is 1. The Balaban J connectivity index is 1.69. The largest absolute Gasteiger partial charge is 0.325 e. The van der Waals surface area contributed by atoms with Crippen molar-refractivity contribution in [3.05, 3.63) is 66.7 Å². The van der Waals surface area contributed by atoms with Gasteiger partial charge >= 0.3 is 0 Å². The molecule has 3 rings (SSSR count). The molecule has 0 bridgehead atoms. The van der Waals surface area contributed by atoms with Gasteiger partial charge in [0.1, 0.15) is 0 Å². The van der Waals surface area contributed by atoms with E-state index in [2.05, 4.69) is 16.9 Å². The molecule has 124 valence electrons. The van der Waals surface area contributed by atoms with Crippen molar-refractivity contribution < 1.29 is 4.79 Å². The third-order valence-corrected chi connectivity index (χ3v) is 4.54. The fourth-order valence-corrected chi connectivity index (χ4v) is 3.25. The number of carbonyl (C=O) groups is 1. The van der Waals surface area contributed by atoms with Crippen LogP contribution in [0.2, 0.25) is 0 Å². The number of anilines is 1. The number of imidazole rings is 1. The summed E-state index contributed by atoms with van der Waals surface area (Å²) in [6, 6.07) is 16.7. The van der Waals surface area contributed by atoms with Gasteiger partial charge in [0, 0.05) is 12.2 Å². The first-order chi connectivity index (χ1) is 12.2. The van der Waals surface area contributed by atoms with E-state index in [1.807, 2.05) is 41.0 Å². The zero-order valence-electron chi connectivity index (χ0n) is 13.5. The molecule has 2 aromatic carbocycles. The number of aromatic nitrogens is 2. The Kier molecular flexibility index (Phi) is 5.17. The van der Waals surface area contributed by atoms with Crippen molar-refractivity contribution in [2.24, 2.45) is 0 Å². The first-order valence-corrected chi connectivity index (χ1v) is 8.69. The van der Waals surface area contributed by atoms with E-state index in [-0.39, 0.29) is 11.7 Å². The number of rotatable bonds is 6. The molecule has 1 aromatic heterocycles. The van der Waals surface area contributed by atoms with E-state index >= 15 is 0 Å². The van der Waals surface area contributed by atoms with Crippen molar-refractivity contribution in [1.29, 1.82) is 5.26 Å². The van der Waals surface area contributed by atoms with Crippen molar-refractivity contribution in [2.75, 3.05) is 11.1 Å². The van der Waals surface area contributed by atoms with Crippen molar-refractivity contribution in [3.8, 4) is 6.07 Å². The van der Waals surface area contributed by atoms with Crippen LogP contribution in [0.3, 0.4) is 0 Å². The molecule has 0 aliphatic carbocycles. The molecule has 0 fully saturated rings. The fourth-order valence-electron chi connectivity index (χ4n) is 2.42. The predicted molar refractivity (Wildman–Crippen MR) is 100 cm³/mol. The zero-order valence-corrected chi connectivity index (χ0v) is 14.3. The summed E-state index contributed by atoms with van der Waals surface area (Å²) in [5.41, 5.74) is 3.16. The van der Waals surface area contributed by atoms with Gasteiger partial charge in [-0.05, 0) is 36.4 Å². The topological polar surface area (TPSA) is 70.7 Å². The Bertz CT molecular complexity index is 954. The van der Waals surface area contributed by atoms with Crippen molar-refractivity contribution >= 4 is 34.4 Å². The maximum Gasteiger partial charge on any atom is 0.234 e. The van der Waals surface area contributed by atoms with Crippen LogP contribution in [0.1, 0.15) is 5.56 Å². The summed E-state index contributed by atoms with van der Waals surface area (Å²) in [4.78, 5) is 16.8. The maximum atomic E-state index is 12.2. The van der Waals surface area contributed by atoms with Crippen LogP contribution in [0, 0.1) is 11.3 Å². The van der Waals surface area contributed by atoms with Crippen molar-refractivity contribution in [1.82, 2.24) is 9.55 Å². The first-order valence-electron chi connectivity index (χ1n) is 7.70. The van der Waals surface area contributed by atoms with E-state index in [4.69, 9.17) is 5.26 Å². The van der Waals surface area contributed by atoms with Gasteiger partial charge in [0.25, 0.3) is 0 Å². The summed E-state index contributed by atoms with van der Waals surface area (Å²) >= 11 is 1.39.